The van der Waals surface area contributed by atoms with E-state index >= 15 is 0 Å². The lowest BCUT2D eigenvalue weighted by Crippen LogP contribution is -2.31. The number of carbonyl (C=O) groups is 1. The molecule has 1 heterocycles. The van der Waals surface area contributed by atoms with Gasteiger partial charge in [-0.2, -0.15) is 0 Å². The summed E-state index contributed by atoms with van der Waals surface area (Å²) >= 11 is 0. The highest BCUT2D eigenvalue weighted by molar-refractivity contribution is 5.76. The van der Waals surface area contributed by atoms with E-state index in [0.717, 1.165) is 12.8 Å². The topological polar surface area (TPSA) is 47.6 Å². The van der Waals surface area contributed by atoms with Crippen LogP contribution in [0.3, 0.4) is 0 Å². The van der Waals surface area contributed by atoms with Crippen LogP contribution in [0.4, 0.5) is 13.2 Å². The number of amides is 1. The molecule has 4 nitrogen and oxygen atoms in total. The highest BCUT2D eigenvalue weighted by atomic mass is 19.4. The number of benzene rings is 1. The van der Waals surface area contributed by atoms with E-state index in [1.165, 1.54) is 18.2 Å². The Labute approximate surface area is 126 Å². The summed E-state index contributed by atoms with van der Waals surface area (Å²) in [6.07, 6.45) is -2.50. The van der Waals surface area contributed by atoms with Crippen LogP contribution in [0.25, 0.3) is 0 Å². The van der Waals surface area contributed by atoms with Crippen LogP contribution in [-0.4, -0.2) is 31.5 Å². The minimum Gasteiger partial charge on any atom is -0.406 e. The molecule has 1 N–H and O–H groups in total. The van der Waals surface area contributed by atoms with Gasteiger partial charge in [-0.05, 0) is 30.9 Å². The fraction of sp³-hybridized carbons (Fsp3) is 0.533. The van der Waals surface area contributed by atoms with Crippen molar-refractivity contribution in [1.29, 1.82) is 0 Å². The molecule has 0 aliphatic carbocycles. The molecular weight excluding hydrogens is 299 g/mol. The first-order chi connectivity index (χ1) is 10.4. The molecule has 1 aromatic rings. The Morgan fingerprint density at radius 1 is 1.36 bits per heavy atom. The standard InChI is InChI=1S/C15H18F3NO3/c16-15(17,18)22-13-6-2-1-4-11(13)7-8-14(20)19-10-12-5-3-9-21-12/h1-2,4,6,12H,3,5,7-10H2,(H,19,20). The third kappa shape index (κ3) is 5.55. The van der Waals surface area contributed by atoms with E-state index in [2.05, 4.69) is 10.1 Å². The van der Waals surface area contributed by atoms with Crippen LogP contribution in [0.2, 0.25) is 0 Å². The quantitative estimate of drug-likeness (QED) is 0.877. The first-order valence-electron chi connectivity index (χ1n) is 7.16. The molecule has 0 radical (unpaired) electrons. The normalized spacial score (nSPS) is 18.2. The predicted molar refractivity (Wildman–Crippen MR) is 73.4 cm³/mol. The van der Waals surface area contributed by atoms with Crippen LogP contribution in [0.15, 0.2) is 24.3 Å². The molecule has 1 amide bonds. The lowest BCUT2D eigenvalue weighted by atomic mass is 10.1. The first-order valence-corrected chi connectivity index (χ1v) is 7.16. The lowest BCUT2D eigenvalue weighted by Gasteiger charge is -2.13. The summed E-state index contributed by atoms with van der Waals surface area (Å²) in [7, 11) is 0. The molecule has 2 rings (SSSR count). The Bertz CT molecular complexity index is 499. The highest BCUT2D eigenvalue weighted by Crippen LogP contribution is 2.26. The predicted octanol–water partition coefficient (Wildman–Crippen LogP) is 2.81. The Hall–Kier alpha value is -1.76. The molecule has 7 heteroatoms. The van der Waals surface area contributed by atoms with Crippen molar-refractivity contribution in [3.05, 3.63) is 29.8 Å². The monoisotopic (exact) mass is 317 g/mol. The zero-order chi connectivity index (χ0) is 16.0. The Morgan fingerprint density at radius 3 is 2.82 bits per heavy atom. The van der Waals surface area contributed by atoms with E-state index in [4.69, 9.17) is 4.74 Å². The molecule has 1 unspecified atom stereocenters. The zero-order valence-corrected chi connectivity index (χ0v) is 12.0. The van der Waals surface area contributed by atoms with Crippen LogP contribution >= 0.6 is 0 Å². The molecule has 22 heavy (non-hydrogen) atoms. The summed E-state index contributed by atoms with van der Waals surface area (Å²) in [5, 5.41) is 2.74. The van der Waals surface area contributed by atoms with Crippen molar-refractivity contribution in [3.63, 3.8) is 0 Å². The van der Waals surface area contributed by atoms with Gasteiger partial charge in [0.25, 0.3) is 0 Å². The molecule has 0 saturated carbocycles. The number of carbonyl (C=O) groups excluding carboxylic acids is 1. The number of halogens is 3. The van der Waals surface area contributed by atoms with Gasteiger partial charge in [0.1, 0.15) is 5.75 Å². The fourth-order valence-electron chi connectivity index (χ4n) is 2.30. The van der Waals surface area contributed by atoms with Gasteiger partial charge in [-0.25, -0.2) is 0 Å². The SMILES string of the molecule is O=C(CCc1ccccc1OC(F)(F)F)NCC1CCCO1. The van der Waals surface area contributed by atoms with E-state index in [1.54, 1.807) is 6.07 Å². The number of hydrogen-bond acceptors (Lipinski definition) is 3. The maximum atomic E-state index is 12.3. The van der Waals surface area contributed by atoms with Gasteiger partial charge >= 0.3 is 6.36 Å². The van der Waals surface area contributed by atoms with E-state index in [1.807, 2.05) is 0 Å². The van der Waals surface area contributed by atoms with Gasteiger partial charge in [0.05, 0.1) is 6.10 Å². The fourth-order valence-corrected chi connectivity index (χ4v) is 2.30. The average molecular weight is 317 g/mol. The van der Waals surface area contributed by atoms with Gasteiger partial charge in [-0.3, -0.25) is 4.79 Å². The molecule has 1 aliphatic heterocycles. The van der Waals surface area contributed by atoms with Crippen molar-refractivity contribution in [1.82, 2.24) is 5.32 Å². The Balaban J connectivity index is 1.81. The maximum Gasteiger partial charge on any atom is 0.573 e. The molecule has 1 saturated heterocycles. The van der Waals surface area contributed by atoms with E-state index in [-0.39, 0.29) is 30.6 Å². The lowest BCUT2D eigenvalue weighted by molar-refractivity contribution is -0.274. The second-order valence-corrected chi connectivity index (χ2v) is 5.09. The summed E-state index contributed by atoms with van der Waals surface area (Å²) < 4.78 is 46.2. The van der Waals surface area contributed by atoms with Crippen molar-refractivity contribution in [2.75, 3.05) is 13.2 Å². The second kappa shape index (κ2) is 7.49. The van der Waals surface area contributed by atoms with Gasteiger partial charge < -0.3 is 14.8 Å². The summed E-state index contributed by atoms with van der Waals surface area (Å²) in [5.74, 6) is -0.473. The number of hydrogen-bond donors (Lipinski definition) is 1. The molecule has 0 aromatic heterocycles. The molecule has 1 atom stereocenters. The number of ether oxygens (including phenoxy) is 2. The summed E-state index contributed by atoms with van der Waals surface area (Å²) in [6.45, 7) is 1.15. The molecule has 1 fully saturated rings. The molecule has 122 valence electrons. The number of rotatable bonds is 6. The van der Waals surface area contributed by atoms with Gasteiger partial charge in [-0.1, -0.05) is 18.2 Å². The van der Waals surface area contributed by atoms with Crippen molar-refractivity contribution in [2.24, 2.45) is 0 Å². The maximum absolute atomic E-state index is 12.3. The number of alkyl halides is 3. The third-order valence-corrected chi connectivity index (χ3v) is 3.37. The average Bonchev–Trinajstić information content (AvgIpc) is 2.96. The molecular formula is C15H18F3NO3. The largest absolute Gasteiger partial charge is 0.573 e. The number of nitrogens with one attached hydrogen (secondary N) is 1. The van der Waals surface area contributed by atoms with E-state index in [0.29, 0.717) is 18.7 Å². The molecule has 0 bridgehead atoms. The van der Waals surface area contributed by atoms with Gasteiger partial charge in [0, 0.05) is 19.6 Å². The molecule has 1 aliphatic rings. The molecule has 1 aromatic carbocycles. The number of para-hydroxylation sites is 1. The van der Waals surface area contributed by atoms with E-state index < -0.39 is 6.36 Å². The van der Waals surface area contributed by atoms with Crippen LogP contribution in [-0.2, 0) is 16.0 Å². The zero-order valence-electron chi connectivity index (χ0n) is 12.0. The Morgan fingerprint density at radius 2 is 2.14 bits per heavy atom. The molecule has 0 spiro atoms. The number of aryl methyl sites for hydroxylation is 1. The Kier molecular flexibility index (Phi) is 5.65. The van der Waals surface area contributed by atoms with Gasteiger partial charge in [0.2, 0.25) is 5.91 Å². The summed E-state index contributed by atoms with van der Waals surface area (Å²) in [6, 6.07) is 5.84. The van der Waals surface area contributed by atoms with E-state index in [9.17, 15) is 18.0 Å². The highest BCUT2D eigenvalue weighted by Gasteiger charge is 2.31. The second-order valence-electron chi connectivity index (χ2n) is 5.09. The first kappa shape index (κ1) is 16.6. The van der Waals surface area contributed by atoms with Gasteiger partial charge in [0.15, 0.2) is 0 Å². The van der Waals surface area contributed by atoms with Crippen LogP contribution in [0.1, 0.15) is 24.8 Å². The van der Waals surface area contributed by atoms with Gasteiger partial charge in [-0.15, -0.1) is 13.2 Å². The van der Waals surface area contributed by atoms with Crippen LogP contribution in [0, 0.1) is 0 Å². The smallest absolute Gasteiger partial charge is 0.406 e. The third-order valence-electron chi connectivity index (χ3n) is 3.37. The van der Waals surface area contributed by atoms with Crippen molar-refractivity contribution < 1.29 is 27.4 Å². The summed E-state index contributed by atoms with van der Waals surface area (Å²) in [5.41, 5.74) is 0.354. The minimum atomic E-state index is -4.74. The van der Waals surface area contributed by atoms with Crippen molar-refractivity contribution >= 4 is 5.91 Å². The summed E-state index contributed by atoms with van der Waals surface area (Å²) in [4.78, 5) is 11.7. The minimum absolute atomic E-state index is 0.0461. The van der Waals surface area contributed by atoms with Crippen LogP contribution in [0.5, 0.6) is 5.75 Å². The van der Waals surface area contributed by atoms with Crippen molar-refractivity contribution in [3.8, 4) is 5.75 Å². The van der Waals surface area contributed by atoms with Crippen LogP contribution < -0.4 is 10.1 Å². The van der Waals surface area contributed by atoms with Crippen molar-refractivity contribution in [2.45, 2.75) is 38.1 Å².